The Morgan fingerprint density at radius 1 is 1.46 bits per heavy atom. The van der Waals surface area contributed by atoms with Gasteiger partial charge < -0.3 is 9.88 Å². The number of nitrogens with zero attached hydrogens (tertiary/aromatic N) is 2. The van der Waals surface area contributed by atoms with E-state index in [-0.39, 0.29) is 34.8 Å². The fourth-order valence-corrected chi connectivity index (χ4v) is 5.32. The highest BCUT2D eigenvalue weighted by atomic mass is 32.2. The molecule has 1 amide bonds. The van der Waals surface area contributed by atoms with Crippen molar-refractivity contribution in [3.05, 3.63) is 22.1 Å². The number of amides is 1. The molecule has 2 rings (SSSR count). The second-order valence-corrected chi connectivity index (χ2v) is 9.01. The van der Waals surface area contributed by atoms with Gasteiger partial charge in [-0.3, -0.25) is 9.59 Å². The maximum Gasteiger partial charge on any atom is 0.251 e. The van der Waals surface area contributed by atoms with Crippen molar-refractivity contribution in [3.63, 3.8) is 0 Å². The van der Waals surface area contributed by atoms with E-state index in [1.807, 2.05) is 13.8 Å². The van der Waals surface area contributed by atoms with Gasteiger partial charge in [0.25, 0.3) is 5.56 Å². The summed E-state index contributed by atoms with van der Waals surface area (Å²) in [5, 5.41) is 0.425. The van der Waals surface area contributed by atoms with Crippen molar-refractivity contribution >= 4 is 27.5 Å². The molecular weight excluding hydrogens is 350 g/mol. The maximum atomic E-state index is 12.4. The van der Waals surface area contributed by atoms with Crippen LogP contribution in [0.3, 0.4) is 0 Å². The third-order valence-corrected chi connectivity index (χ3v) is 6.53. The number of hydrogen-bond donors (Lipinski definition) is 1. The Balaban J connectivity index is 2.00. The van der Waals surface area contributed by atoms with Crippen molar-refractivity contribution < 1.29 is 13.2 Å². The molecule has 9 heteroatoms. The lowest BCUT2D eigenvalue weighted by Gasteiger charge is -2.26. The number of hydrogen-bond acceptors (Lipinski definition) is 6. The first-order chi connectivity index (χ1) is 11.3. The topological polar surface area (TPSA) is 100 Å². The third-order valence-electron chi connectivity index (χ3n) is 3.92. The Kier molecular flexibility index (Phi) is 6.45. The van der Waals surface area contributed by atoms with Gasteiger partial charge in [0.1, 0.15) is 0 Å². The van der Waals surface area contributed by atoms with Crippen molar-refractivity contribution in [1.82, 2.24) is 14.9 Å². The zero-order valence-electron chi connectivity index (χ0n) is 13.9. The zero-order valence-corrected chi connectivity index (χ0v) is 15.6. The molecule has 0 radical (unpaired) electrons. The minimum atomic E-state index is -3.03. The molecule has 1 aromatic rings. The van der Waals surface area contributed by atoms with E-state index in [1.54, 1.807) is 4.90 Å². The van der Waals surface area contributed by atoms with E-state index in [0.29, 0.717) is 30.2 Å². The van der Waals surface area contributed by atoms with E-state index in [1.165, 1.54) is 17.8 Å². The van der Waals surface area contributed by atoms with E-state index in [0.717, 1.165) is 6.42 Å². The van der Waals surface area contributed by atoms with E-state index >= 15 is 0 Å². The van der Waals surface area contributed by atoms with Gasteiger partial charge in [-0.2, -0.15) is 0 Å². The average Bonchev–Trinajstić information content (AvgIpc) is 2.85. The zero-order chi connectivity index (χ0) is 17.7. The number of sulfone groups is 1. The monoisotopic (exact) mass is 373 g/mol. The minimum absolute atomic E-state index is 0.0400. The molecule has 0 bridgehead atoms. The average molecular weight is 374 g/mol. The molecule has 0 saturated carbocycles. The van der Waals surface area contributed by atoms with Gasteiger partial charge in [0, 0.05) is 24.3 Å². The number of aryl methyl sites for hydroxylation is 1. The molecule has 0 aromatic carbocycles. The highest BCUT2D eigenvalue weighted by Gasteiger charge is 2.33. The van der Waals surface area contributed by atoms with Gasteiger partial charge in [0.15, 0.2) is 15.0 Å². The molecule has 134 valence electrons. The molecule has 1 aromatic heterocycles. The smallest absolute Gasteiger partial charge is 0.251 e. The van der Waals surface area contributed by atoms with Crippen LogP contribution in [0.2, 0.25) is 0 Å². The number of carbonyl (C=O) groups is 1. The Labute approximate surface area is 146 Å². The molecule has 2 heterocycles. The lowest BCUT2D eigenvalue weighted by molar-refractivity contribution is -0.129. The lowest BCUT2D eigenvalue weighted by Crippen LogP contribution is -2.42. The Morgan fingerprint density at radius 2 is 2.21 bits per heavy atom. The Hall–Kier alpha value is -1.35. The van der Waals surface area contributed by atoms with Gasteiger partial charge in [0.2, 0.25) is 5.91 Å². The van der Waals surface area contributed by atoms with Crippen LogP contribution in [0.25, 0.3) is 0 Å². The molecule has 1 saturated heterocycles. The van der Waals surface area contributed by atoms with Crippen LogP contribution >= 0.6 is 11.8 Å². The van der Waals surface area contributed by atoms with E-state index in [9.17, 15) is 18.0 Å². The number of H-pyrrole nitrogens is 1. The second kappa shape index (κ2) is 8.15. The summed E-state index contributed by atoms with van der Waals surface area (Å²) in [6.07, 6.45) is 2.10. The lowest BCUT2D eigenvalue weighted by atomic mass is 10.2. The first-order valence-corrected chi connectivity index (χ1v) is 10.9. The summed E-state index contributed by atoms with van der Waals surface area (Å²) < 4.78 is 23.2. The largest absolute Gasteiger partial charge is 0.338 e. The number of thioether (sulfide) groups is 1. The van der Waals surface area contributed by atoms with Crippen molar-refractivity contribution in [3.8, 4) is 0 Å². The first-order valence-electron chi connectivity index (χ1n) is 8.07. The van der Waals surface area contributed by atoms with Crippen molar-refractivity contribution in [1.29, 1.82) is 0 Å². The Morgan fingerprint density at radius 3 is 2.79 bits per heavy atom. The number of nitrogens with one attached hydrogen (secondary N) is 1. The summed E-state index contributed by atoms with van der Waals surface area (Å²) in [5.74, 6) is 0.178. The SMILES string of the molecule is CCCc1cc(=O)[nH]c(SCC(=O)N(CC)[C@H]2CCS(=O)(=O)C2)n1. The van der Waals surface area contributed by atoms with Crippen LogP contribution in [0, 0.1) is 0 Å². The first kappa shape index (κ1) is 19.0. The van der Waals surface area contributed by atoms with Crippen LogP contribution in [-0.2, 0) is 21.1 Å². The minimum Gasteiger partial charge on any atom is -0.338 e. The highest BCUT2D eigenvalue weighted by Crippen LogP contribution is 2.20. The predicted molar refractivity (Wildman–Crippen MR) is 94.0 cm³/mol. The van der Waals surface area contributed by atoms with Gasteiger partial charge in [-0.1, -0.05) is 25.1 Å². The molecule has 7 nitrogen and oxygen atoms in total. The second-order valence-electron chi connectivity index (χ2n) is 5.82. The van der Waals surface area contributed by atoms with Crippen LogP contribution in [0.5, 0.6) is 0 Å². The Bertz CT molecular complexity index is 745. The van der Waals surface area contributed by atoms with Crippen molar-refractivity contribution in [2.75, 3.05) is 23.8 Å². The van der Waals surface area contributed by atoms with Crippen molar-refractivity contribution in [2.24, 2.45) is 0 Å². The molecule has 0 unspecified atom stereocenters. The highest BCUT2D eigenvalue weighted by molar-refractivity contribution is 7.99. The summed E-state index contributed by atoms with van der Waals surface area (Å²) in [5.41, 5.74) is 0.489. The molecular formula is C15H23N3O4S2. The third kappa shape index (κ3) is 5.07. The van der Waals surface area contributed by atoms with Crippen LogP contribution in [-0.4, -0.2) is 59.0 Å². The molecule has 24 heavy (non-hydrogen) atoms. The van der Waals surface area contributed by atoms with Gasteiger partial charge in [-0.15, -0.1) is 0 Å². The van der Waals surface area contributed by atoms with Gasteiger partial charge in [-0.25, -0.2) is 13.4 Å². The number of carbonyl (C=O) groups excluding carboxylic acids is 1. The molecule has 1 atom stereocenters. The fourth-order valence-electron chi connectivity index (χ4n) is 2.81. The van der Waals surface area contributed by atoms with Crippen molar-refractivity contribution in [2.45, 2.75) is 44.3 Å². The molecule has 1 N–H and O–H groups in total. The molecule has 1 aliphatic heterocycles. The van der Waals surface area contributed by atoms with Crippen LogP contribution in [0.1, 0.15) is 32.4 Å². The number of rotatable bonds is 7. The van der Waals surface area contributed by atoms with Gasteiger partial charge in [0.05, 0.1) is 17.3 Å². The predicted octanol–water partition coefficient (Wildman–Crippen LogP) is 0.850. The van der Waals surface area contributed by atoms with Crippen LogP contribution in [0.15, 0.2) is 16.0 Å². The van der Waals surface area contributed by atoms with Crippen LogP contribution in [0.4, 0.5) is 0 Å². The summed E-state index contributed by atoms with van der Waals surface area (Å²) in [4.78, 5) is 32.7. The maximum absolute atomic E-state index is 12.4. The standard InChI is InChI=1S/C15H23N3O4S2/c1-3-5-11-8-13(19)17-15(16-11)23-9-14(20)18(4-2)12-6-7-24(21,22)10-12/h8,12H,3-7,9-10H2,1-2H3,(H,16,17,19)/t12-/m0/s1. The van der Waals surface area contributed by atoms with Gasteiger partial charge in [-0.05, 0) is 19.8 Å². The van der Waals surface area contributed by atoms with E-state index in [4.69, 9.17) is 0 Å². The number of aromatic nitrogens is 2. The fraction of sp³-hybridized carbons (Fsp3) is 0.667. The molecule has 1 fully saturated rings. The summed E-state index contributed by atoms with van der Waals surface area (Å²) in [7, 11) is -3.03. The summed E-state index contributed by atoms with van der Waals surface area (Å²) in [6.45, 7) is 4.32. The number of aromatic amines is 1. The summed E-state index contributed by atoms with van der Waals surface area (Å²) in [6, 6.07) is 1.23. The molecule has 0 spiro atoms. The van der Waals surface area contributed by atoms with Crippen LogP contribution < -0.4 is 5.56 Å². The van der Waals surface area contributed by atoms with Gasteiger partial charge >= 0.3 is 0 Å². The normalized spacial score (nSPS) is 19.3. The summed E-state index contributed by atoms with van der Waals surface area (Å²) >= 11 is 1.18. The molecule has 0 aliphatic carbocycles. The molecule has 1 aliphatic rings. The quantitative estimate of drug-likeness (QED) is 0.562. The van der Waals surface area contributed by atoms with E-state index < -0.39 is 9.84 Å². The van der Waals surface area contributed by atoms with E-state index in [2.05, 4.69) is 9.97 Å².